The molecule has 42 heavy (non-hydrogen) atoms. The lowest BCUT2D eigenvalue weighted by Gasteiger charge is -2.26. The minimum absolute atomic E-state index is 1.07. The van der Waals surface area contributed by atoms with Gasteiger partial charge in [-0.15, -0.1) is 0 Å². The van der Waals surface area contributed by atoms with E-state index in [-0.39, 0.29) is 0 Å². The molecule has 0 aromatic heterocycles. The summed E-state index contributed by atoms with van der Waals surface area (Å²) in [5.41, 5.74) is 5.91. The van der Waals surface area contributed by atoms with E-state index < -0.39 is 0 Å². The molecular weight excluding hydrogens is 508 g/mol. The molecule has 0 aliphatic carbocycles. The number of unbranched alkanes of at least 4 members (excludes halogenated alkanes) is 14. The van der Waals surface area contributed by atoms with Crippen molar-refractivity contribution < 1.29 is 0 Å². The number of nitrogens with zero attached hydrogens (tertiary/aromatic N) is 2. The van der Waals surface area contributed by atoms with Crippen LogP contribution in [0, 0.1) is 0 Å². The summed E-state index contributed by atoms with van der Waals surface area (Å²) in [6.07, 6.45) is 24.3. The standard InChI is InChI=1S/C40H68N2/c1-5-9-13-17-25-33-41(31-23-15-11-7-3)35-37-27-19-21-29-39(37)40-30-22-20-28-38(40)36-42(32-24-16-12-8-4)34-26-18-14-10-6-2/h19-22,27-30H,5-18,23-26,31-36H2,1-4H3. The molecule has 2 rings (SSSR count). The van der Waals surface area contributed by atoms with Crippen LogP contribution >= 0.6 is 0 Å². The van der Waals surface area contributed by atoms with E-state index in [1.165, 1.54) is 164 Å². The quantitative estimate of drug-likeness (QED) is 0.0976. The normalized spacial score (nSPS) is 11.7. The highest BCUT2D eigenvalue weighted by atomic mass is 15.1. The third-order valence-corrected chi connectivity index (χ3v) is 8.92. The van der Waals surface area contributed by atoms with Crippen molar-refractivity contribution in [3.63, 3.8) is 0 Å². The van der Waals surface area contributed by atoms with Gasteiger partial charge in [-0.3, -0.25) is 9.80 Å². The smallest absolute Gasteiger partial charge is 0.0239 e. The maximum absolute atomic E-state index is 2.76. The molecule has 2 nitrogen and oxygen atoms in total. The molecule has 0 saturated carbocycles. The summed E-state index contributed by atoms with van der Waals surface area (Å²) in [5.74, 6) is 0. The lowest BCUT2D eigenvalue weighted by Crippen LogP contribution is -2.27. The second-order valence-electron chi connectivity index (χ2n) is 12.8. The maximum Gasteiger partial charge on any atom is 0.0239 e. The molecule has 0 radical (unpaired) electrons. The van der Waals surface area contributed by atoms with Crippen LogP contribution in [0.1, 0.15) is 154 Å². The molecule has 2 heteroatoms. The van der Waals surface area contributed by atoms with E-state index in [9.17, 15) is 0 Å². The molecule has 0 N–H and O–H groups in total. The van der Waals surface area contributed by atoms with Crippen molar-refractivity contribution in [3.05, 3.63) is 59.7 Å². The van der Waals surface area contributed by atoms with E-state index in [0.29, 0.717) is 0 Å². The average Bonchev–Trinajstić information content (AvgIpc) is 3.01. The molecule has 0 bridgehead atoms. The predicted molar refractivity (Wildman–Crippen MR) is 188 cm³/mol. The van der Waals surface area contributed by atoms with Crippen LogP contribution < -0.4 is 0 Å². The summed E-state index contributed by atoms with van der Waals surface area (Å²) in [4.78, 5) is 5.53. The second-order valence-corrected chi connectivity index (χ2v) is 12.8. The van der Waals surface area contributed by atoms with Crippen molar-refractivity contribution in [3.8, 4) is 11.1 Å². The largest absolute Gasteiger partial charge is 0.299 e. The Hall–Kier alpha value is -1.64. The predicted octanol–water partition coefficient (Wildman–Crippen LogP) is 12.1. The fraction of sp³-hybridized carbons (Fsp3) is 0.700. The highest BCUT2D eigenvalue weighted by Gasteiger charge is 2.15. The van der Waals surface area contributed by atoms with Crippen molar-refractivity contribution in [1.82, 2.24) is 9.80 Å². The van der Waals surface area contributed by atoms with Gasteiger partial charge in [0.1, 0.15) is 0 Å². The van der Waals surface area contributed by atoms with Crippen molar-refractivity contribution in [1.29, 1.82) is 0 Å². The van der Waals surface area contributed by atoms with Crippen LogP contribution in [0.5, 0.6) is 0 Å². The van der Waals surface area contributed by atoms with Crippen LogP contribution in [0.25, 0.3) is 11.1 Å². The highest BCUT2D eigenvalue weighted by molar-refractivity contribution is 5.70. The first-order valence-corrected chi connectivity index (χ1v) is 18.3. The SMILES string of the molecule is CCCCCCCN(CCCCCC)Cc1ccccc1-c1ccccc1CN(CCCCCC)CCCCCCC. The molecule has 2 aromatic rings. The first-order valence-electron chi connectivity index (χ1n) is 18.3. The molecular formula is C40H68N2. The molecule has 2 aromatic carbocycles. The Kier molecular flexibility index (Phi) is 21.6. The van der Waals surface area contributed by atoms with Gasteiger partial charge in [-0.05, 0) is 74.1 Å². The molecule has 0 aliphatic heterocycles. The number of benzene rings is 2. The first-order chi connectivity index (χ1) is 20.7. The Morgan fingerprint density at radius 2 is 0.643 bits per heavy atom. The van der Waals surface area contributed by atoms with E-state index in [4.69, 9.17) is 0 Å². The number of hydrogen-bond donors (Lipinski definition) is 0. The Morgan fingerprint density at radius 1 is 0.357 bits per heavy atom. The summed E-state index contributed by atoms with van der Waals surface area (Å²) < 4.78 is 0. The van der Waals surface area contributed by atoms with E-state index in [2.05, 4.69) is 86.0 Å². The molecule has 0 unspecified atom stereocenters. The molecule has 0 spiro atoms. The molecule has 0 atom stereocenters. The summed E-state index contributed by atoms with van der Waals surface area (Å²) in [7, 11) is 0. The lowest BCUT2D eigenvalue weighted by molar-refractivity contribution is 0.252. The molecule has 0 heterocycles. The van der Waals surface area contributed by atoms with Crippen LogP contribution in [0.4, 0.5) is 0 Å². The number of rotatable bonds is 27. The van der Waals surface area contributed by atoms with E-state index in [1.807, 2.05) is 0 Å². The average molecular weight is 577 g/mol. The Balaban J connectivity index is 2.18. The molecule has 0 saturated heterocycles. The van der Waals surface area contributed by atoms with Crippen molar-refractivity contribution in [2.45, 2.75) is 156 Å². The summed E-state index contributed by atoms with van der Waals surface area (Å²) >= 11 is 0. The minimum Gasteiger partial charge on any atom is -0.299 e. The van der Waals surface area contributed by atoms with Crippen LogP contribution in [-0.2, 0) is 13.1 Å². The first kappa shape index (κ1) is 36.6. The third kappa shape index (κ3) is 15.7. The van der Waals surface area contributed by atoms with Gasteiger partial charge in [0.15, 0.2) is 0 Å². The van der Waals surface area contributed by atoms with Gasteiger partial charge in [0.05, 0.1) is 0 Å². The molecule has 238 valence electrons. The third-order valence-electron chi connectivity index (χ3n) is 8.92. The zero-order chi connectivity index (χ0) is 30.1. The van der Waals surface area contributed by atoms with Crippen LogP contribution in [0.2, 0.25) is 0 Å². The topological polar surface area (TPSA) is 6.48 Å². The van der Waals surface area contributed by atoms with Gasteiger partial charge in [0.25, 0.3) is 0 Å². The summed E-state index contributed by atoms with van der Waals surface area (Å²) in [5, 5.41) is 0. The monoisotopic (exact) mass is 577 g/mol. The maximum atomic E-state index is 2.76. The van der Waals surface area contributed by atoms with E-state index >= 15 is 0 Å². The van der Waals surface area contributed by atoms with E-state index in [0.717, 1.165) is 13.1 Å². The number of hydrogen-bond acceptors (Lipinski definition) is 2. The highest BCUT2D eigenvalue weighted by Crippen LogP contribution is 2.29. The van der Waals surface area contributed by atoms with Crippen molar-refractivity contribution >= 4 is 0 Å². The van der Waals surface area contributed by atoms with Crippen LogP contribution in [0.3, 0.4) is 0 Å². The lowest BCUT2D eigenvalue weighted by atomic mass is 9.94. The van der Waals surface area contributed by atoms with Gasteiger partial charge in [0.2, 0.25) is 0 Å². The Morgan fingerprint density at radius 3 is 0.976 bits per heavy atom. The molecule has 0 aliphatic rings. The van der Waals surface area contributed by atoms with Crippen LogP contribution in [-0.4, -0.2) is 36.0 Å². The molecule has 0 fully saturated rings. The minimum atomic E-state index is 1.07. The van der Waals surface area contributed by atoms with Gasteiger partial charge in [-0.25, -0.2) is 0 Å². The second kappa shape index (κ2) is 24.8. The van der Waals surface area contributed by atoms with Crippen LogP contribution in [0.15, 0.2) is 48.5 Å². The summed E-state index contributed by atoms with van der Waals surface area (Å²) in [6.45, 7) is 16.3. The zero-order valence-electron chi connectivity index (χ0n) is 28.5. The fourth-order valence-electron chi connectivity index (χ4n) is 6.27. The van der Waals surface area contributed by atoms with Gasteiger partial charge in [-0.2, -0.15) is 0 Å². The van der Waals surface area contributed by atoms with Gasteiger partial charge in [0, 0.05) is 13.1 Å². The van der Waals surface area contributed by atoms with Gasteiger partial charge in [-0.1, -0.05) is 166 Å². The van der Waals surface area contributed by atoms with Gasteiger partial charge < -0.3 is 0 Å². The zero-order valence-corrected chi connectivity index (χ0v) is 28.5. The van der Waals surface area contributed by atoms with Crippen molar-refractivity contribution in [2.75, 3.05) is 26.2 Å². The summed E-state index contributed by atoms with van der Waals surface area (Å²) in [6, 6.07) is 18.6. The fourth-order valence-corrected chi connectivity index (χ4v) is 6.27. The Labute approximate surface area is 262 Å². The van der Waals surface area contributed by atoms with E-state index in [1.54, 1.807) is 0 Å². The Bertz CT molecular complexity index is 817. The van der Waals surface area contributed by atoms with Gasteiger partial charge >= 0.3 is 0 Å². The van der Waals surface area contributed by atoms with Crippen molar-refractivity contribution in [2.24, 2.45) is 0 Å². The molecule has 0 amide bonds.